The van der Waals surface area contributed by atoms with Crippen LogP contribution in [0.2, 0.25) is 0 Å². The second kappa shape index (κ2) is 24.9. The number of ether oxygens (including phenoxy) is 6. The van der Waals surface area contributed by atoms with Gasteiger partial charge in [-0.15, -0.1) is 21.6 Å². The molecule has 1 fully saturated rings. The molecule has 300 valence electrons. The van der Waals surface area contributed by atoms with Gasteiger partial charge in [0.25, 0.3) is 0 Å². The number of carbonyl (C=O) groups is 2. The molecule has 3 aromatic rings. The first-order valence-corrected chi connectivity index (χ1v) is 20.0. The van der Waals surface area contributed by atoms with E-state index in [0.717, 1.165) is 48.9 Å². The molecule has 1 heterocycles. The Morgan fingerprint density at radius 1 is 0.875 bits per heavy atom. The van der Waals surface area contributed by atoms with E-state index in [0.29, 0.717) is 92.5 Å². The fourth-order valence-electron chi connectivity index (χ4n) is 6.33. The van der Waals surface area contributed by atoms with Crippen LogP contribution in [0.3, 0.4) is 0 Å². The third-order valence-electron chi connectivity index (χ3n) is 9.51. The van der Waals surface area contributed by atoms with Gasteiger partial charge in [0.05, 0.1) is 76.6 Å². The number of anilines is 1. The number of esters is 1. The molecule has 1 aliphatic carbocycles. The summed E-state index contributed by atoms with van der Waals surface area (Å²) in [6, 6.07) is 20.4. The first-order valence-electron chi connectivity index (χ1n) is 19.2. The number of thiophene rings is 1. The summed E-state index contributed by atoms with van der Waals surface area (Å²) in [5.74, 6) is -0.854. The average Bonchev–Trinajstić information content (AvgIpc) is 3.54. The van der Waals surface area contributed by atoms with Gasteiger partial charge in [0.15, 0.2) is 5.00 Å². The van der Waals surface area contributed by atoms with E-state index in [1.807, 2.05) is 37.3 Å². The minimum absolute atomic E-state index is 0.166. The number of likely N-dealkylation sites (N-methyl/N-ethyl adjacent to an activating group) is 1. The monoisotopic (exact) mass is 787 g/mol. The van der Waals surface area contributed by atoms with Crippen LogP contribution in [-0.2, 0) is 38.0 Å². The summed E-state index contributed by atoms with van der Waals surface area (Å²) in [6.07, 6.45) is 4.09. The first kappa shape index (κ1) is 44.2. The fourth-order valence-corrected chi connectivity index (χ4v) is 7.21. The summed E-state index contributed by atoms with van der Waals surface area (Å²) in [5, 5.41) is 28.0. The molecule has 0 radical (unpaired) electrons. The molecule has 0 N–H and O–H groups in total. The zero-order chi connectivity index (χ0) is 40.0. The number of azo groups is 1. The van der Waals surface area contributed by atoms with Crippen molar-refractivity contribution in [2.24, 2.45) is 22.1 Å². The molecule has 1 aromatic heterocycles. The van der Waals surface area contributed by atoms with E-state index in [1.165, 1.54) is 11.3 Å². The van der Waals surface area contributed by atoms with Crippen molar-refractivity contribution in [3.63, 3.8) is 0 Å². The van der Waals surface area contributed by atoms with E-state index in [1.54, 1.807) is 6.92 Å². The lowest BCUT2D eigenvalue weighted by atomic mass is 9.80. The number of rotatable bonds is 25. The molecule has 0 aliphatic heterocycles. The van der Waals surface area contributed by atoms with E-state index < -0.39 is 0 Å². The Labute approximate surface area is 334 Å². The molecule has 2 aromatic carbocycles. The van der Waals surface area contributed by atoms with Gasteiger partial charge in [0.2, 0.25) is 0 Å². The van der Waals surface area contributed by atoms with Crippen molar-refractivity contribution in [1.29, 1.82) is 10.5 Å². The quantitative estimate of drug-likeness (QED) is 0.0357. The Morgan fingerprint density at radius 2 is 1.52 bits per heavy atom. The fraction of sp³-hybridized carbons (Fsp3) is 0.524. The highest BCUT2D eigenvalue weighted by molar-refractivity contribution is 7.16. The summed E-state index contributed by atoms with van der Waals surface area (Å²) in [5.41, 5.74) is 4.74. The van der Waals surface area contributed by atoms with Crippen molar-refractivity contribution in [3.05, 3.63) is 75.7 Å². The predicted molar refractivity (Wildman–Crippen MR) is 213 cm³/mol. The van der Waals surface area contributed by atoms with E-state index in [2.05, 4.69) is 52.4 Å². The van der Waals surface area contributed by atoms with Crippen molar-refractivity contribution in [1.82, 2.24) is 0 Å². The highest BCUT2D eigenvalue weighted by Gasteiger charge is 2.31. The Kier molecular flexibility index (Phi) is 19.6. The number of aryl methyl sites for hydroxylation is 1. The molecule has 0 bridgehead atoms. The van der Waals surface area contributed by atoms with Crippen molar-refractivity contribution < 1.29 is 38.0 Å². The van der Waals surface area contributed by atoms with Crippen molar-refractivity contribution in [2.45, 2.75) is 52.6 Å². The maximum Gasteiger partial charge on any atom is 0.309 e. The minimum Gasteiger partial charge on any atom is -0.463 e. The molecule has 13 nitrogen and oxygen atoms in total. The molecule has 0 spiro atoms. The third-order valence-corrected chi connectivity index (χ3v) is 10.6. The van der Waals surface area contributed by atoms with Crippen LogP contribution < -0.4 is 4.90 Å². The minimum atomic E-state index is -0.323. The Hall–Kier alpha value is -4.54. The van der Waals surface area contributed by atoms with Crippen LogP contribution >= 0.6 is 11.3 Å². The standard InChI is InChI=1S/C42H53N5O8S/c1-4-47(35-14-15-38(31(2)26-35)45-46-41-37(27-43)32(3)40(28-44)56-41)29-39(33-10-6-5-7-11-33)54-24-22-52-20-18-50-16-17-51-19-21-53-23-25-55-42(49)36-13-9-8-12-34(36)30-48/h5-7,10-11,14-15,26,30,34,36,39H,4,8-9,12-13,16-25,29H2,1-3H3. The van der Waals surface area contributed by atoms with Gasteiger partial charge in [-0.25, -0.2) is 0 Å². The van der Waals surface area contributed by atoms with Gasteiger partial charge >= 0.3 is 5.97 Å². The Bertz CT molecular complexity index is 1770. The van der Waals surface area contributed by atoms with Crippen LogP contribution in [0.4, 0.5) is 16.4 Å². The summed E-state index contributed by atoms with van der Waals surface area (Å²) in [6.45, 7) is 11.0. The number of hydrogen-bond donors (Lipinski definition) is 0. The van der Waals surface area contributed by atoms with Gasteiger partial charge in [-0.2, -0.15) is 10.5 Å². The molecule has 4 rings (SSSR count). The van der Waals surface area contributed by atoms with Gasteiger partial charge in [0.1, 0.15) is 36.0 Å². The number of aldehydes is 1. The Balaban J connectivity index is 1.10. The second-order valence-electron chi connectivity index (χ2n) is 13.2. The number of hydrogen-bond acceptors (Lipinski definition) is 14. The lowest BCUT2D eigenvalue weighted by Gasteiger charge is -2.29. The number of benzene rings is 2. The molecule has 1 aliphatic rings. The van der Waals surface area contributed by atoms with Crippen molar-refractivity contribution in [3.8, 4) is 12.1 Å². The van der Waals surface area contributed by atoms with E-state index in [9.17, 15) is 20.1 Å². The van der Waals surface area contributed by atoms with Crippen LogP contribution in [-0.4, -0.2) is 91.4 Å². The summed E-state index contributed by atoms with van der Waals surface area (Å²) < 4.78 is 34.1. The van der Waals surface area contributed by atoms with E-state index >= 15 is 0 Å². The molecule has 14 heteroatoms. The zero-order valence-corrected chi connectivity index (χ0v) is 33.5. The van der Waals surface area contributed by atoms with Crippen LogP contribution in [0.1, 0.15) is 65.8 Å². The molecule has 56 heavy (non-hydrogen) atoms. The number of nitrogens with zero attached hydrogens (tertiary/aromatic N) is 5. The first-order chi connectivity index (χ1) is 27.4. The lowest BCUT2D eigenvalue weighted by molar-refractivity contribution is -0.154. The molecule has 0 amide bonds. The highest BCUT2D eigenvalue weighted by Crippen LogP contribution is 2.36. The molecule has 3 atom stereocenters. The number of carbonyl (C=O) groups excluding carboxylic acids is 2. The largest absolute Gasteiger partial charge is 0.463 e. The lowest BCUT2D eigenvalue weighted by Crippen LogP contribution is -2.30. The predicted octanol–water partition coefficient (Wildman–Crippen LogP) is 7.72. The van der Waals surface area contributed by atoms with Crippen LogP contribution in [0.15, 0.2) is 58.8 Å². The smallest absolute Gasteiger partial charge is 0.309 e. The molecular weight excluding hydrogens is 735 g/mol. The summed E-state index contributed by atoms with van der Waals surface area (Å²) in [7, 11) is 0. The summed E-state index contributed by atoms with van der Waals surface area (Å²) in [4.78, 5) is 26.2. The Morgan fingerprint density at radius 3 is 2.12 bits per heavy atom. The van der Waals surface area contributed by atoms with Crippen LogP contribution in [0, 0.1) is 48.3 Å². The van der Waals surface area contributed by atoms with E-state index in [4.69, 9.17) is 28.4 Å². The SMILES string of the molecule is CCN(CC(OCCOCCOCCOCCOCCOC(=O)C1CCCCC1C=O)c1ccccc1)c1ccc(N=Nc2sc(C#N)c(C)c2C#N)c(C)c1. The zero-order valence-electron chi connectivity index (χ0n) is 32.7. The van der Waals surface area contributed by atoms with E-state index in [-0.39, 0.29) is 37.1 Å². The molecular formula is C42H53N5O8S. The normalized spacial score (nSPS) is 15.9. The maximum atomic E-state index is 12.2. The van der Waals surface area contributed by atoms with Crippen molar-refractivity contribution >= 4 is 40.0 Å². The van der Waals surface area contributed by atoms with Gasteiger partial charge in [-0.3, -0.25) is 4.79 Å². The molecule has 3 unspecified atom stereocenters. The highest BCUT2D eigenvalue weighted by atomic mass is 32.1. The van der Waals surface area contributed by atoms with Crippen LogP contribution in [0.5, 0.6) is 0 Å². The van der Waals surface area contributed by atoms with Crippen molar-refractivity contribution in [2.75, 3.05) is 84.1 Å². The topological polar surface area (TPSA) is 165 Å². The second-order valence-corrected chi connectivity index (χ2v) is 14.2. The van der Waals surface area contributed by atoms with Gasteiger partial charge in [0, 0.05) is 24.7 Å². The molecule has 0 saturated heterocycles. The molecule has 1 saturated carbocycles. The average molecular weight is 788 g/mol. The van der Waals surface area contributed by atoms with Crippen LogP contribution in [0.25, 0.3) is 0 Å². The maximum absolute atomic E-state index is 12.2. The third kappa shape index (κ3) is 13.9. The number of nitriles is 2. The van der Waals surface area contributed by atoms with Gasteiger partial charge < -0.3 is 38.1 Å². The van der Waals surface area contributed by atoms with Gasteiger partial charge in [-0.05, 0) is 68.5 Å². The van der Waals surface area contributed by atoms with Gasteiger partial charge in [-0.1, -0.05) is 43.2 Å². The summed E-state index contributed by atoms with van der Waals surface area (Å²) >= 11 is 1.17.